The van der Waals surface area contributed by atoms with Crippen LogP contribution in [-0.4, -0.2) is 26.0 Å². The Morgan fingerprint density at radius 2 is 2.00 bits per heavy atom. The van der Waals surface area contributed by atoms with Crippen LogP contribution in [0.2, 0.25) is 5.02 Å². The maximum Gasteiger partial charge on any atom is 0.356 e. The summed E-state index contributed by atoms with van der Waals surface area (Å²) in [5.74, 6) is -0.815. The average Bonchev–Trinajstić information content (AvgIpc) is 2.32. The Morgan fingerprint density at radius 1 is 1.29 bits per heavy atom. The second-order valence-electron chi connectivity index (χ2n) is 3.08. The number of hydrogen-bond donors (Lipinski definition) is 2. The van der Waals surface area contributed by atoms with Gasteiger partial charge in [0.1, 0.15) is 12.1 Å². The zero-order chi connectivity index (χ0) is 12.3. The first-order chi connectivity index (χ1) is 8.16. The van der Waals surface area contributed by atoms with Crippen molar-refractivity contribution in [3.8, 4) is 0 Å². The highest BCUT2D eigenvalue weighted by Crippen LogP contribution is 2.18. The number of halogens is 1. The van der Waals surface area contributed by atoms with E-state index in [2.05, 4.69) is 20.3 Å². The molecule has 0 amide bonds. The third kappa shape index (κ3) is 2.67. The molecule has 2 aromatic rings. The molecule has 0 saturated carbocycles. The monoisotopic (exact) mass is 250 g/mol. The lowest BCUT2D eigenvalue weighted by atomic mass is 10.3. The van der Waals surface area contributed by atoms with Crippen molar-refractivity contribution in [2.75, 3.05) is 5.32 Å². The van der Waals surface area contributed by atoms with E-state index in [9.17, 15) is 4.79 Å². The molecule has 0 aliphatic heterocycles. The van der Waals surface area contributed by atoms with Crippen molar-refractivity contribution in [1.29, 1.82) is 0 Å². The van der Waals surface area contributed by atoms with Gasteiger partial charge in [0.2, 0.25) is 0 Å². The molecule has 2 heterocycles. The summed E-state index contributed by atoms with van der Waals surface area (Å²) in [6.07, 6.45) is 4.48. The van der Waals surface area contributed by atoms with Crippen molar-refractivity contribution >= 4 is 29.1 Å². The van der Waals surface area contributed by atoms with E-state index < -0.39 is 5.97 Å². The quantitative estimate of drug-likeness (QED) is 0.866. The molecule has 0 radical (unpaired) electrons. The first-order valence-corrected chi connectivity index (χ1v) is 4.96. The van der Waals surface area contributed by atoms with Crippen molar-refractivity contribution in [2.24, 2.45) is 0 Å². The van der Waals surface area contributed by atoms with Crippen LogP contribution >= 0.6 is 11.6 Å². The highest BCUT2D eigenvalue weighted by atomic mass is 35.5. The maximum atomic E-state index is 10.8. The lowest BCUT2D eigenvalue weighted by molar-refractivity contribution is 0.0691. The van der Waals surface area contributed by atoms with Crippen molar-refractivity contribution < 1.29 is 9.90 Å². The Hall–Kier alpha value is -2.21. The molecule has 17 heavy (non-hydrogen) atoms. The van der Waals surface area contributed by atoms with E-state index in [4.69, 9.17) is 16.7 Å². The number of nitrogens with zero attached hydrogens (tertiary/aromatic N) is 3. The van der Waals surface area contributed by atoms with Gasteiger partial charge in [-0.15, -0.1) is 0 Å². The summed E-state index contributed by atoms with van der Waals surface area (Å²) < 4.78 is 0. The molecule has 86 valence electrons. The molecule has 0 saturated heterocycles. The van der Waals surface area contributed by atoms with Crippen LogP contribution in [0.1, 0.15) is 10.5 Å². The van der Waals surface area contributed by atoms with E-state index in [-0.39, 0.29) is 10.7 Å². The fraction of sp³-hybridized carbons (Fsp3) is 0. The summed E-state index contributed by atoms with van der Waals surface area (Å²) in [5.41, 5.74) is 0.409. The summed E-state index contributed by atoms with van der Waals surface area (Å²) in [4.78, 5) is 22.3. The van der Waals surface area contributed by atoms with Crippen LogP contribution < -0.4 is 5.32 Å². The van der Waals surface area contributed by atoms with Gasteiger partial charge in [0.05, 0.1) is 23.1 Å². The first-order valence-electron chi connectivity index (χ1n) is 4.58. The predicted octanol–water partition coefficient (Wildman–Crippen LogP) is 1.97. The number of pyridine rings is 1. The van der Waals surface area contributed by atoms with Gasteiger partial charge in [-0.1, -0.05) is 11.6 Å². The molecular weight excluding hydrogens is 244 g/mol. The van der Waals surface area contributed by atoms with E-state index in [0.29, 0.717) is 11.5 Å². The zero-order valence-electron chi connectivity index (χ0n) is 8.46. The summed E-state index contributed by atoms with van der Waals surface area (Å²) in [6, 6.07) is 3.03. The third-order valence-corrected chi connectivity index (χ3v) is 2.19. The summed E-state index contributed by atoms with van der Waals surface area (Å²) in [5, 5.41) is 11.8. The van der Waals surface area contributed by atoms with Crippen LogP contribution in [0.15, 0.2) is 30.9 Å². The van der Waals surface area contributed by atoms with E-state index in [0.717, 1.165) is 0 Å². The van der Waals surface area contributed by atoms with Gasteiger partial charge in [-0.25, -0.2) is 19.7 Å². The lowest BCUT2D eigenvalue weighted by Gasteiger charge is -2.05. The van der Waals surface area contributed by atoms with E-state index in [1.807, 2.05) is 0 Å². The largest absolute Gasteiger partial charge is 0.476 e. The second kappa shape index (κ2) is 4.75. The zero-order valence-corrected chi connectivity index (χ0v) is 9.22. The smallest absolute Gasteiger partial charge is 0.356 e. The summed E-state index contributed by atoms with van der Waals surface area (Å²) in [7, 11) is 0. The Bertz CT molecular complexity index is 547. The van der Waals surface area contributed by atoms with Crippen LogP contribution in [0.3, 0.4) is 0 Å². The van der Waals surface area contributed by atoms with E-state index >= 15 is 0 Å². The predicted molar refractivity (Wildman–Crippen MR) is 61.5 cm³/mol. The average molecular weight is 251 g/mol. The van der Waals surface area contributed by atoms with Gasteiger partial charge in [0, 0.05) is 0 Å². The van der Waals surface area contributed by atoms with Gasteiger partial charge in [-0.3, -0.25) is 0 Å². The number of aromatic nitrogens is 3. The Kier molecular flexibility index (Phi) is 3.15. The number of rotatable bonds is 3. The highest BCUT2D eigenvalue weighted by Gasteiger charge is 2.11. The molecule has 7 heteroatoms. The number of hydrogen-bond acceptors (Lipinski definition) is 5. The minimum atomic E-state index is -1.18. The van der Waals surface area contributed by atoms with Crippen molar-refractivity contribution in [2.45, 2.75) is 0 Å². The fourth-order valence-corrected chi connectivity index (χ4v) is 1.36. The van der Waals surface area contributed by atoms with Crippen LogP contribution in [-0.2, 0) is 0 Å². The molecule has 0 atom stereocenters. The van der Waals surface area contributed by atoms with Gasteiger partial charge in [0.25, 0.3) is 0 Å². The molecule has 0 aromatic carbocycles. The molecule has 2 aromatic heterocycles. The number of aromatic carboxylic acids is 1. The third-order valence-electron chi connectivity index (χ3n) is 1.88. The number of carboxylic acid groups (broad SMARTS) is 1. The Morgan fingerprint density at radius 3 is 2.65 bits per heavy atom. The first kappa shape index (κ1) is 11.3. The van der Waals surface area contributed by atoms with Gasteiger partial charge in [0.15, 0.2) is 5.69 Å². The van der Waals surface area contributed by atoms with E-state index in [1.54, 1.807) is 18.5 Å². The molecule has 0 aliphatic rings. The molecule has 0 spiro atoms. The molecular formula is C10H7ClN4O2. The SMILES string of the molecule is O=C(O)c1nc(Nc2cncnc2)ccc1Cl. The molecule has 2 N–H and O–H groups in total. The lowest BCUT2D eigenvalue weighted by Crippen LogP contribution is -2.04. The standard InChI is InChI=1S/C10H7ClN4O2/c11-7-1-2-8(15-9(7)10(16)17)14-6-3-12-5-13-4-6/h1-5H,(H,14,15)(H,16,17). The van der Waals surface area contributed by atoms with E-state index in [1.165, 1.54) is 12.4 Å². The van der Waals surface area contributed by atoms with Gasteiger partial charge >= 0.3 is 5.97 Å². The fourth-order valence-electron chi connectivity index (χ4n) is 1.17. The summed E-state index contributed by atoms with van der Waals surface area (Å²) in [6.45, 7) is 0. The number of carbonyl (C=O) groups is 1. The molecule has 2 rings (SSSR count). The molecule has 0 aliphatic carbocycles. The van der Waals surface area contributed by atoms with Gasteiger partial charge in [-0.05, 0) is 12.1 Å². The van der Waals surface area contributed by atoms with Crippen molar-refractivity contribution in [3.63, 3.8) is 0 Å². The minimum absolute atomic E-state index is 0.0901. The van der Waals surface area contributed by atoms with Crippen LogP contribution in [0.5, 0.6) is 0 Å². The molecule has 6 nitrogen and oxygen atoms in total. The van der Waals surface area contributed by atoms with Crippen molar-refractivity contribution in [3.05, 3.63) is 41.6 Å². The topological polar surface area (TPSA) is 88.0 Å². The highest BCUT2D eigenvalue weighted by molar-refractivity contribution is 6.33. The number of anilines is 2. The van der Waals surface area contributed by atoms with Crippen LogP contribution in [0.4, 0.5) is 11.5 Å². The normalized spacial score (nSPS) is 9.94. The number of nitrogens with one attached hydrogen (secondary N) is 1. The molecule has 0 fully saturated rings. The number of carboxylic acids is 1. The van der Waals surface area contributed by atoms with Crippen LogP contribution in [0.25, 0.3) is 0 Å². The minimum Gasteiger partial charge on any atom is -0.476 e. The van der Waals surface area contributed by atoms with Crippen molar-refractivity contribution in [1.82, 2.24) is 15.0 Å². The Labute approximate surface area is 101 Å². The summed E-state index contributed by atoms with van der Waals surface area (Å²) >= 11 is 5.70. The van der Waals surface area contributed by atoms with Gasteiger partial charge < -0.3 is 10.4 Å². The molecule has 0 bridgehead atoms. The van der Waals surface area contributed by atoms with Gasteiger partial charge in [-0.2, -0.15) is 0 Å². The second-order valence-corrected chi connectivity index (χ2v) is 3.49. The van der Waals surface area contributed by atoms with Crippen LogP contribution in [0, 0.1) is 0 Å². The maximum absolute atomic E-state index is 10.8. The Balaban J connectivity index is 2.29. The molecule has 0 unspecified atom stereocenters.